The molecule has 0 aromatic carbocycles. The number of hydroxylamine groups is 2. The number of halogens is 1. The van der Waals surface area contributed by atoms with Crippen molar-refractivity contribution >= 4 is 23.0 Å². The highest BCUT2D eigenvalue weighted by atomic mass is 127. The van der Waals surface area contributed by atoms with Crippen molar-refractivity contribution in [3.63, 3.8) is 0 Å². The summed E-state index contributed by atoms with van der Waals surface area (Å²) in [4.78, 5) is 0. The maximum Gasteiger partial charge on any atom is 0.109 e. The molecule has 0 aliphatic rings. The van der Waals surface area contributed by atoms with Crippen LogP contribution in [0.3, 0.4) is 0 Å². The molecule has 0 bridgehead atoms. The topological polar surface area (TPSA) is 65.0 Å². The van der Waals surface area contributed by atoms with Crippen molar-refractivity contribution in [3.05, 3.63) is 5.21 Å². The summed E-state index contributed by atoms with van der Waals surface area (Å²) in [6, 6.07) is 0. The lowest BCUT2D eigenvalue weighted by Gasteiger charge is -2.27. The quantitative estimate of drug-likeness (QED) is 0.439. The van der Waals surface area contributed by atoms with Crippen LogP contribution in [0.15, 0.2) is 0 Å². The fourth-order valence-corrected chi connectivity index (χ4v) is 1.00. The van der Waals surface area contributed by atoms with Gasteiger partial charge in [-0.05, 0) is 12.8 Å². The lowest BCUT2D eigenvalue weighted by molar-refractivity contribution is -0.0736. The minimum absolute atomic E-state index is 0.00305. The van der Waals surface area contributed by atoms with Crippen molar-refractivity contribution in [3.8, 4) is 0 Å². The van der Waals surface area contributed by atoms with E-state index in [-0.39, 0.29) is 23.8 Å². The Hall–Kier alpha value is 0.530. The van der Waals surface area contributed by atoms with Gasteiger partial charge in [0.05, 0.1) is 19.3 Å². The third kappa shape index (κ3) is 7.59. The van der Waals surface area contributed by atoms with Crippen molar-refractivity contribution < 1.29 is 13.0 Å². The van der Waals surface area contributed by atoms with Crippen LogP contribution in [0, 0.1) is 11.1 Å². The number of hydrogen-bond donors (Lipinski definition) is 1. The zero-order chi connectivity index (χ0) is 10.3. The highest BCUT2D eigenvalue weighted by Crippen LogP contribution is 2.07. The van der Waals surface area contributed by atoms with E-state index in [4.69, 9.17) is 13.0 Å². The van der Waals surface area contributed by atoms with E-state index in [9.17, 15) is 5.21 Å². The Morgan fingerprint density at radius 2 is 2.08 bits per heavy atom. The van der Waals surface area contributed by atoms with Gasteiger partial charge in [-0.25, -0.2) is 0 Å². The summed E-state index contributed by atoms with van der Waals surface area (Å²) in [5, 5.41) is 18.6. The van der Waals surface area contributed by atoms with Crippen molar-refractivity contribution in [2.75, 3.05) is 19.8 Å². The summed E-state index contributed by atoms with van der Waals surface area (Å²) in [6.07, 6.45) is -0.0600. The minimum Gasteiger partial charge on any atom is -0.762 e. The van der Waals surface area contributed by atoms with E-state index in [1.54, 1.807) is 23.0 Å². The van der Waals surface area contributed by atoms with E-state index < -0.39 is 0 Å². The van der Waals surface area contributed by atoms with E-state index in [0.717, 1.165) is 0 Å². The van der Waals surface area contributed by atoms with Crippen LogP contribution >= 0.6 is 23.0 Å². The lowest BCUT2D eigenvalue weighted by Crippen LogP contribution is -2.29. The highest BCUT2D eigenvalue weighted by Gasteiger charge is 2.12. The first-order chi connectivity index (χ1) is 6.07. The molecule has 0 aliphatic carbocycles. The first-order valence-electron chi connectivity index (χ1n) is 4.06. The monoisotopic (exact) mass is 304 g/mol. The maximum absolute atomic E-state index is 10.3. The van der Waals surface area contributed by atoms with Crippen molar-refractivity contribution in [2.45, 2.75) is 20.0 Å². The Kier molecular flexibility index (Phi) is 8.21. The van der Waals surface area contributed by atoms with Gasteiger partial charge in [-0.2, -0.15) is 0 Å². The van der Waals surface area contributed by atoms with Gasteiger partial charge in [-0.3, -0.25) is 5.23 Å². The third-order valence-corrected chi connectivity index (χ3v) is 2.23. The van der Waals surface area contributed by atoms with E-state index >= 15 is 0 Å². The molecule has 0 aliphatic heterocycles. The van der Waals surface area contributed by atoms with Crippen LogP contribution in [0.25, 0.3) is 0 Å². The highest BCUT2D eigenvalue weighted by molar-refractivity contribution is 14.1. The zero-order valence-electron chi connectivity index (χ0n) is 7.77. The molecule has 0 aromatic rings. The van der Waals surface area contributed by atoms with Gasteiger partial charge in [-0.1, -0.05) is 6.92 Å². The Bertz CT molecular complexity index is 125. The second kappa shape index (κ2) is 7.89. The SMILES string of the molecule is CC(CN([O-])O)C(C)OCCOI. The number of nitrogens with zero attached hydrogens (tertiary/aromatic N) is 1. The first-order valence-corrected chi connectivity index (χ1v) is 4.94. The Balaban J connectivity index is 3.50. The van der Waals surface area contributed by atoms with Gasteiger partial charge >= 0.3 is 0 Å². The molecular weight excluding hydrogens is 289 g/mol. The van der Waals surface area contributed by atoms with Crippen LogP contribution < -0.4 is 0 Å². The van der Waals surface area contributed by atoms with Gasteiger partial charge in [-0.15, -0.1) is 0 Å². The molecule has 0 spiro atoms. The summed E-state index contributed by atoms with van der Waals surface area (Å²) in [5.41, 5.74) is 0. The number of hydrogen-bond acceptors (Lipinski definition) is 5. The summed E-state index contributed by atoms with van der Waals surface area (Å²) < 4.78 is 10.1. The standard InChI is InChI=1S/C7H15INO4/c1-6(5-9(10)11)7(2)12-3-4-13-8/h6-7,10H,3-5H2,1-2H3/q-1. The Morgan fingerprint density at radius 1 is 1.46 bits per heavy atom. The lowest BCUT2D eigenvalue weighted by atomic mass is 10.1. The molecule has 6 heteroatoms. The summed E-state index contributed by atoms with van der Waals surface area (Å²) in [6.45, 7) is 4.79. The second-order valence-corrected chi connectivity index (χ2v) is 3.52. The molecule has 0 saturated carbocycles. The molecule has 0 rings (SSSR count). The Morgan fingerprint density at radius 3 is 2.54 bits per heavy atom. The molecule has 0 saturated heterocycles. The third-order valence-electron chi connectivity index (χ3n) is 1.79. The molecule has 0 amide bonds. The van der Waals surface area contributed by atoms with Crippen LogP contribution in [0.1, 0.15) is 13.8 Å². The largest absolute Gasteiger partial charge is 0.762 e. The van der Waals surface area contributed by atoms with Gasteiger partial charge < -0.3 is 18.2 Å². The van der Waals surface area contributed by atoms with Crippen LogP contribution in [0.5, 0.6) is 0 Å². The first kappa shape index (κ1) is 13.5. The molecule has 1 N–H and O–H groups in total. The van der Waals surface area contributed by atoms with Crippen molar-refractivity contribution in [1.29, 1.82) is 0 Å². The van der Waals surface area contributed by atoms with Crippen molar-refractivity contribution in [2.24, 2.45) is 5.92 Å². The molecule has 0 radical (unpaired) electrons. The number of ether oxygens (including phenoxy) is 1. The van der Waals surface area contributed by atoms with Gasteiger partial charge in [0, 0.05) is 6.54 Å². The van der Waals surface area contributed by atoms with Crippen LogP contribution in [-0.4, -0.2) is 36.3 Å². The molecule has 13 heavy (non-hydrogen) atoms. The minimum atomic E-state index is -0.0701. The predicted octanol–water partition coefficient (Wildman–Crippen LogP) is 1.58. The molecule has 0 aromatic heterocycles. The summed E-state index contributed by atoms with van der Waals surface area (Å²) in [7, 11) is 0. The molecule has 0 heterocycles. The van der Waals surface area contributed by atoms with E-state index in [1.165, 1.54) is 0 Å². The van der Waals surface area contributed by atoms with Gasteiger partial charge in [0.25, 0.3) is 0 Å². The smallest absolute Gasteiger partial charge is 0.109 e. The summed E-state index contributed by atoms with van der Waals surface area (Å²) in [5.74, 6) is -0.00305. The summed E-state index contributed by atoms with van der Waals surface area (Å²) >= 11 is 1.79. The fourth-order valence-electron chi connectivity index (χ4n) is 0.825. The predicted molar refractivity (Wildman–Crippen MR) is 56.4 cm³/mol. The normalized spacial score (nSPS) is 16.2. The van der Waals surface area contributed by atoms with Crippen molar-refractivity contribution in [1.82, 2.24) is 5.23 Å². The van der Waals surface area contributed by atoms with Crippen LogP contribution in [-0.2, 0) is 7.80 Å². The van der Waals surface area contributed by atoms with E-state index in [2.05, 4.69) is 0 Å². The zero-order valence-corrected chi connectivity index (χ0v) is 9.93. The second-order valence-electron chi connectivity index (χ2n) is 2.90. The maximum atomic E-state index is 10.3. The van der Waals surface area contributed by atoms with Gasteiger partial charge in [0.15, 0.2) is 0 Å². The van der Waals surface area contributed by atoms with Crippen LogP contribution in [0.4, 0.5) is 0 Å². The molecule has 2 unspecified atom stereocenters. The van der Waals surface area contributed by atoms with E-state index in [1.807, 2.05) is 13.8 Å². The average molecular weight is 304 g/mol. The molecule has 2 atom stereocenters. The molecule has 0 fully saturated rings. The van der Waals surface area contributed by atoms with Gasteiger partial charge in [0.1, 0.15) is 23.0 Å². The molecular formula is C7H15INO4-. The Labute approximate surface area is 92.2 Å². The molecule has 5 nitrogen and oxygen atoms in total. The molecule has 80 valence electrons. The van der Waals surface area contributed by atoms with Gasteiger partial charge in [0.2, 0.25) is 0 Å². The van der Waals surface area contributed by atoms with Crippen LogP contribution in [0.2, 0.25) is 0 Å². The van der Waals surface area contributed by atoms with E-state index in [0.29, 0.717) is 13.2 Å². The average Bonchev–Trinajstić information content (AvgIpc) is 2.03. The fraction of sp³-hybridized carbons (Fsp3) is 1.00. The number of rotatable bonds is 7.